The lowest BCUT2D eigenvalue weighted by Gasteiger charge is -2.28. The summed E-state index contributed by atoms with van der Waals surface area (Å²) in [6.45, 7) is 12.6. The summed E-state index contributed by atoms with van der Waals surface area (Å²) in [5, 5.41) is 5.63. The summed E-state index contributed by atoms with van der Waals surface area (Å²) in [5.74, 6) is -1.13. The van der Waals surface area contributed by atoms with Crippen LogP contribution in [0.3, 0.4) is 0 Å². The topological polar surface area (TPSA) is 98.8 Å². The molecular weight excluding hydrogens is 468 g/mol. The Labute approximate surface area is 221 Å². The van der Waals surface area contributed by atoms with E-state index in [2.05, 4.69) is 10.6 Å². The Kier molecular flexibility index (Phi) is 9.74. The molecule has 204 valence electrons. The molecule has 0 radical (unpaired) electrons. The van der Waals surface area contributed by atoms with E-state index in [-0.39, 0.29) is 23.7 Å². The van der Waals surface area contributed by atoms with Crippen LogP contribution in [-0.4, -0.2) is 48.8 Å². The number of hydrogen-bond acceptors (Lipinski definition) is 4. The minimum Gasteiger partial charge on any atom is -0.344 e. The van der Waals surface area contributed by atoms with Crippen LogP contribution in [0.1, 0.15) is 73.6 Å². The third-order valence-corrected chi connectivity index (χ3v) is 7.09. The monoisotopic (exact) mass is 512 g/mol. The Morgan fingerprint density at radius 3 is 1.78 bits per heavy atom. The van der Waals surface area contributed by atoms with Gasteiger partial charge in [0.1, 0.15) is 6.04 Å². The summed E-state index contributed by atoms with van der Waals surface area (Å²) in [5.41, 5.74) is 1.33. The minimum atomic E-state index is -1.37. The van der Waals surface area contributed by atoms with Crippen molar-refractivity contribution in [3.05, 3.63) is 24.3 Å². The fourth-order valence-electron chi connectivity index (χ4n) is 5.28. The molecule has 1 aliphatic heterocycles. The first-order valence-corrected chi connectivity index (χ1v) is 13.8. The van der Waals surface area contributed by atoms with Gasteiger partial charge in [-0.05, 0) is 48.6 Å². The number of carbonyl (C=O) groups excluding carboxylic acids is 4. The molecule has 1 aromatic carbocycles. The highest BCUT2D eigenvalue weighted by Gasteiger charge is 2.42. The number of para-hydroxylation sites is 2. The smallest absolute Gasteiger partial charge is 0.259 e. The number of hydrogen-bond donors (Lipinski definition) is 2. The number of rotatable bonds is 10. The molecule has 1 aliphatic carbocycles. The standard InChI is InChI=1S/C29H44N4O4/c1-18(2)16-32-22-13-9-10-14-23(22)33(17-19(3)4)29(37)26(28(32)36)31-27(35)25(20(5)6)30-24(34)15-21-11-7-8-12-21/h9-10,13-14,18-21,25-26H,7-8,11-12,15-17H2,1-6H3,(H,30,34)(H,31,35)/t25-/m0/s1. The molecule has 0 saturated heterocycles. The molecule has 1 atom stereocenters. The van der Waals surface area contributed by atoms with E-state index in [1.54, 1.807) is 9.80 Å². The van der Waals surface area contributed by atoms with E-state index in [9.17, 15) is 19.2 Å². The molecule has 3 rings (SSSR count). The van der Waals surface area contributed by atoms with Gasteiger partial charge in [0.15, 0.2) is 6.04 Å². The average Bonchev–Trinajstić information content (AvgIpc) is 3.32. The average molecular weight is 513 g/mol. The first-order valence-electron chi connectivity index (χ1n) is 13.8. The van der Waals surface area contributed by atoms with Crippen LogP contribution in [0.25, 0.3) is 0 Å². The molecule has 0 unspecified atom stereocenters. The van der Waals surface area contributed by atoms with Crippen LogP contribution < -0.4 is 20.4 Å². The van der Waals surface area contributed by atoms with Gasteiger partial charge in [-0.1, -0.05) is 66.5 Å². The Balaban J connectivity index is 1.89. The lowest BCUT2D eigenvalue weighted by Crippen LogP contribution is -2.60. The normalized spacial score (nSPS) is 18.0. The molecular formula is C29H44N4O4. The molecule has 1 aromatic rings. The lowest BCUT2D eigenvalue weighted by molar-refractivity contribution is -0.136. The van der Waals surface area contributed by atoms with Crippen LogP contribution in [0.4, 0.5) is 11.4 Å². The van der Waals surface area contributed by atoms with Crippen LogP contribution in [0, 0.1) is 23.7 Å². The fourth-order valence-corrected chi connectivity index (χ4v) is 5.28. The lowest BCUT2D eigenvalue weighted by atomic mass is 10.00. The Morgan fingerprint density at radius 1 is 0.865 bits per heavy atom. The fraction of sp³-hybridized carbons (Fsp3) is 0.655. The quantitative estimate of drug-likeness (QED) is 0.465. The highest BCUT2D eigenvalue weighted by atomic mass is 16.2. The van der Waals surface area contributed by atoms with E-state index in [0.717, 1.165) is 25.7 Å². The maximum atomic E-state index is 13.8. The largest absolute Gasteiger partial charge is 0.344 e. The number of anilines is 2. The van der Waals surface area contributed by atoms with Crippen molar-refractivity contribution in [2.24, 2.45) is 23.7 Å². The van der Waals surface area contributed by atoms with Gasteiger partial charge in [0.2, 0.25) is 11.8 Å². The molecule has 0 bridgehead atoms. The predicted octanol–water partition coefficient (Wildman–Crippen LogP) is 3.88. The molecule has 1 fully saturated rings. The van der Waals surface area contributed by atoms with Crippen molar-refractivity contribution in [1.82, 2.24) is 10.6 Å². The van der Waals surface area contributed by atoms with E-state index in [0.29, 0.717) is 36.8 Å². The Morgan fingerprint density at radius 2 is 1.35 bits per heavy atom. The summed E-state index contributed by atoms with van der Waals surface area (Å²) >= 11 is 0. The summed E-state index contributed by atoms with van der Waals surface area (Å²) in [6.07, 6.45) is 4.75. The van der Waals surface area contributed by atoms with Gasteiger partial charge >= 0.3 is 0 Å². The first-order chi connectivity index (χ1) is 17.5. The van der Waals surface area contributed by atoms with Crippen molar-refractivity contribution in [3.8, 4) is 0 Å². The molecule has 0 spiro atoms. The van der Waals surface area contributed by atoms with Crippen LogP contribution in [0.15, 0.2) is 24.3 Å². The summed E-state index contributed by atoms with van der Waals surface area (Å²) in [7, 11) is 0. The Bertz CT molecular complexity index is 935. The second kappa shape index (κ2) is 12.6. The maximum Gasteiger partial charge on any atom is 0.259 e. The second-order valence-electron chi connectivity index (χ2n) is 11.8. The third-order valence-electron chi connectivity index (χ3n) is 7.09. The van der Waals surface area contributed by atoms with Gasteiger partial charge in [-0.3, -0.25) is 19.2 Å². The summed E-state index contributed by atoms with van der Waals surface area (Å²) < 4.78 is 0. The van der Waals surface area contributed by atoms with Crippen LogP contribution in [-0.2, 0) is 19.2 Å². The van der Waals surface area contributed by atoms with Gasteiger partial charge in [0.25, 0.3) is 11.8 Å². The third kappa shape index (κ3) is 7.11. The first kappa shape index (κ1) is 28.7. The van der Waals surface area contributed by atoms with Crippen molar-refractivity contribution < 1.29 is 19.2 Å². The van der Waals surface area contributed by atoms with Gasteiger partial charge < -0.3 is 20.4 Å². The summed E-state index contributed by atoms with van der Waals surface area (Å²) in [4.78, 5) is 57.2. The van der Waals surface area contributed by atoms with Gasteiger partial charge in [0.05, 0.1) is 11.4 Å². The zero-order valence-electron chi connectivity index (χ0n) is 23.3. The number of nitrogens with zero attached hydrogens (tertiary/aromatic N) is 2. The molecule has 4 amide bonds. The highest BCUT2D eigenvalue weighted by molar-refractivity contribution is 6.21. The van der Waals surface area contributed by atoms with Gasteiger partial charge in [0, 0.05) is 19.5 Å². The minimum absolute atomic E-state index is 0.151. The van der Waals surface area contributed by atoms with E-state index in [1.807, 2.05) is 65.8 Å². The number of nitrogens with one attached hydrogen (secondary N) is 2. The van der Waals surface area contributed by atoms with Crippen molar-refractivity contribution in [2.45, 2.75) is 85.7 Å². The second-order valence-corrected chi connectivity index (χ2v) is 11.8. The van der Waals surface area contributed by atoms with E-state index >= 15 is 0 Å². The summed E-state index contributed by atoms with van der Waals surface area (Å²) in [6, 6.07) is 5.19. The van der Waals surface area contributed by atoms with Crippen molar-refractivity contribution in [3.63, 3.8) is 0 Å². The number of fused-ring (bicyclic) bond motifs is 1. The number of carbonyl (C=O) groups is 4. The number of benzene rings is 1. The van der Waals surface area contributed by atoms with E-state index in [1.165, 1.54) is 0 Å². The maximum absolute atomic E-state index is 13.8. The van der Waals surface area contributed by atoms with Gasteiger partial charge in [-0.2, -0.15) is 0 Å². The van der Waals surface area contributed by atoms with Crippen molar-refractivity contribution in [2.75, 3.05) is 22.9 Å². The molecule has 8 nitrogen and oxygen atoms in total. The van der Waals surface area contributed by atoms with Crippen molar-refractivity contribution >= 4 is 35.0 Å². The molecule has 8 heteroatoms. The highest BCUT2D eigenvalue weighted by Crippen LogP contribution is 2.34. The predicted molar refractivity (Wildman–Crippen MR) is 146 cm³/mol. The molecule has 1 heterocycles. The molecule has 1 saturated carbocycles. The Hall–Kier alpha value is -2.90. The SMILES string of the molecule is CC(C)CN1C(=O)C(NC(=O)[C@@H](NC(=O)CC2CCCC2)C(C)C)C(=O)N(CC(C)C)c2ccccc21. The van der Waals surface area contributed by atoms with Crippen LogP contribution in [0.2, 0.25) is 0 Å². The van der Waals surface area contributed by atoms with Crippen LogP contribution in [0.5, 0.6) is 0 Å². The molecule has 2 N–H and O–H groups in total. The van der Waals surface area contributed by atoms with E-state index < -0.39 is 29.8 Å². The molecule has 2 aliphatic rings. The zero-order valence-corrected chi connectivity index (χ0v) is 23.3. The van der Waals surface area contributed by atoms with E-state index in [4.69, 9.17) is 0 Å². The zero-order chi connectivity index (χ0) is 27.3. The molecule has 37 heavy (non-hydrogen) atoms. The van der Waals surface area contributed by atoms with Crippen molar-refractivity contribution in [1.29, 1.82) is 0 Å². The van der Waals surface area contributed by atoms with Crippen LogP contribution >= 0.6 is 0 Å². The molecule has 0 aromatic heterocycles. The van der Waals surface area contributed by atoms with Gasteiger partial charge in [-0.15, -0.1) is 0 Å². The van der Waals surface area contributed by atoms with Gasteiger partial charge in [-0.25, -0.2) is 0 Å². The number of amides is 4.